The van der Waals surface area contributed by atoms with Gasteiger partial charge in [-0.15, -0.1) is 0 Å². The SMILES string of the molecule is Cc1ccccc1N1CN(CCNC(C)C)C(=O)C12CCN(C(=O)c1cc(C(F)(F)F)cc(C(F)(F)F)c1)CC2. The van der Waals surface area contributed by atoms with Crippen LogP contribution >= 0.6 is 0 Å². The Labute approximate surface area is 228 Å². The molecule has 0 unspecified atom stereocenters. The maximum atomic E-state index is 13.8. The minimum Gasteiger partial charge on any atom is -0.339 e. The molecule has 1 spiro atoms. The van der Waals surface area contributed by atoms with Crippen molar-refractivity contribution in [2.45, 2.75) is 57.5 Å². The second kappa shape index (κ2) is 10.9. The summed E-state index contributed by atoms with van der Waals surface area (Å²) in [6.45, 7) is 7.33. The molecule has 2 fully saturated rings. The third-order valence-electron chi connectivity index (χ3n) is 7.57. The number of alkyl halides is 6. The molecule has 2 aliphatic heterocycles. The lowest BCUT2D eigenvalue weighted by Gasteiger charge is -2.43. The first kappa shape index (κ1) is 29.7. The maximum Gasteiger partial charge on any atom is 0.416 e. The summed E-state index contributed by atoms with van der Waals surface area (Å²) in [5.74, 6) is -1.04. The van der Waals surface area contributed by atoms with Gasteiger partial charge in [0.15, 0.2) is 0 Å². The minimum atomic E-state index is -5.06. The average molecular weight is 571 g/mol. The molecule has 0 aromatic heterocycles. The van der Waals surface area contributed by atoms with Crippen LogP contribution in [0.3, 0.4) is 0 Å². The number of carbonyl (C=O) groups is 2. The van der Waals surface area contributed by atoms with E-state index in [1.807, 2.05) is 49.9 Å². The van der Waals surface area contributed by atoms with Crippen molar-refractivity contribution >= 4 is 17.5 Å². The number of para-hydroxylation sites is 1. The van der Waals surface area contributed by atoms with Gasteiger partial charge in [-0.25, -0.2) is 0 Å². The smallest absolute Gasteiger partial charge is 0.339 e. The van der Waals surface area contributed by atoms with E-state index in [9.17, 15) is 35.9 Å². The van der Waals surface area contributed by atoms with Crippen LogP contribution in [-0.2, 0) is 17.1 Å². The number of hydrogen-bond acceptors (Lipinski definition) is 4. The number of rotatable bonds is 6. The van der Waals surface area contributed by atoms with E-state index in [0.29, 0.717) is 31.9 Å². The van der Waals surface area contributed by atoms with Gasteiger partial charge in [-0.1, -0.05) is 32.0 Å². The van der Waals surface area contributed by atoms with E-state index in [-0.39, 0.29) is 43.9 Å². The molecule has 0 saturated carbocycles. The molecule has 4 rings (SSSR count). The first-order chi connectivity index (χ1) is 18.6. The molecule has 2 amide bonds. The molecule has 12 heteroatoms. The molecule has 0 bridgehead atoms. The summed E-state index contributed by atoms with van der Waals surface area (Å²) < 4.78 is 80.1. The standard InChI is InChI=1S/C28H32F6N4O2/c1-18(2)35-10-13-37-17-38(23-7-5-4-6-19(23)3)26(25(37)40)8-11-36(12-9-26)24(39)20-14-21(27(29,30)31)16-22(15-20)28(32,33)34/h4-7,14-16,18,35H,8-13,17H2,1-3H3. The molecule has 0 atom stereocenters. The molecule has 218 valence electrons. The molecular formula is C28H32F6N4O2. The molecule has 1 N–H and O–H groups in total. The van der Waals surface area contributed by atoms with E-state index < -0.39 is 40.5 Å². The van der Waals surface area contributed by atoms with Crippen LogP contribution in [0.1, 0.15) is 53.7 Å². The fraction of sp³-hybridized carbons (Fsp3) is 0.500. The zero-order valence-corrected chi connectivity index (χ0v) is 22.5. The molecule has 40 heavy (non-hydrogen) atoms. The lowest BCUT2D eigenvalue weighted by molar-refractivity contribution is -0.143. The summed E-state index contributed by atoms with van der Waals surface area (Å²) in [6, 6.07) is 8.74. The summed E-state index contributed by atoms with van der Waals surface area (Å²) in [4.78, 5) is 32.0. The molecule has 2 aromatic carbocycles. The fourth-order valence-electron chi connectivity index (χ4n) is 5.44. The number of hydrogen-bond donors (Lipinski definition) is 1. The minimum absolute atomic E-state index is 0.00196. The fourth-order valence-corrected chi connectivity index (χ4v) is 5.44. The van der Waals surface area contributed by atoms with E-state index in [1.54, 1.807) is 4.90 Å². The van der Waals surface area contributed by atoms with Crippen molar-refractivity contribution in [3.8, 4) is 0 Å². The van der Waals surface area contributed by atoms with Gasteiger partial charge in [-0.05, 0) is 49.6 Å². The molecule has 2 heterocycles. The summed E-state index contributed by atoms with van der Waals surface area (Å²) in [7, 11) is 0. The number of aryl methyl sites for hydroxylation is 1. The van der Waals surface area contributed by atoms with Gasteiger partial charge in [-0.3, -0.25) is 9.59 Å². The predicted molar refractivity (Wildman–Crippen MR) is 138 cm³/mol. The number of halogens is 6. The van der Waals surface area contributed by atoms with Crippen molar-refractivity contribution in [3.63, 3.8) is 0 Å². The summed E-state index contributed by atoms with van der Waals surface area (Å²) in [5, 5.41) is 3.30. The molecule has 2 aliphatic rings. The monoisotopic (exact) mass is 570 g/mol. The Morgan fingerprint density at radius 2 is 1.55 bits per heavy atom. The lowest BCUT2D eigenvalue weighted by Crippen LogP contribution is -2.57. The Kier molecular flexibility index (Phi) is 8.13. The summed E-state index contributed by atoms with van der Waals surface area (Å²) in [6.07, 6.45) is -9.74. The van der Waals surface area contributed by atoms with Crippen molar-refractivity contribution in [2.24, 2.45) is 0 Å². The largest absolute Gasteiger partial charge is 0.416 e. The highest BCUT2D eigenvalue weighted by molar-refractivity contribution is 5.96. The van der Waals surface area contributed by atoms with E-state index in [2.05, 4.69) is 5.32 Å². The Balaban J connectivity index is 1.60. The highest BCUT2D eigenvalue weighted by Gasteiger charge is 2.54. The van der Waals surface area contributed by atoms with Crippen molar-refractivity contribution in [3.05, 3.63) is 64.7 Å². The number of nitrogens with zero attached hydrogens (tertiary/aromatic N) is 3. The topological polar surface area (TPSA) is 55.9 Å². The van der Waals surface area contributed by atoms with Crippen LogP contribution < -0.4 is 10.2 Å². The van der Waals surface area contributed by atoms with Crippen molar-refractivity contribution in [1.82, 2.24) is 15.1 Å². The van der Waals surface area contributed by atoms with Crippen LogP contribution in [-0.4, -0.2) is 66.0 Å². The Hall–Kier alpha value is -3.28. The second-order valence-electron chi connectivity index (χ2n) is 10.7. The lowest BCUT2D eigenvalue weighted by atomic mass is 9.84. The van der Waals surface area contributed by atoms with Crippen molar-refractivity contribution in [1.29, 1.82) is 0 Å². The van der Waals surface area contributed by atoms with E-state index in [0.717, 1.165) is 11.3 Å². The molecule has 6 nitrogen and oxygen atoms in total. The second-order valence-corrected chi connectivity index (χ2v) is 10.7. The van der Waals surface area contributed by atoms with Crippen LogP contribution in [0.25, 0.3) is 0 Å². The molecular weight excluding hydrogens is 538 g/mol. The van der Waals surface area contributed by atoms with Gasteiger partial charge < -0.3 is 20.0 Å². The average Bonchev–Trinajstić information content (AvgIpc) is 3.13. The number of piperidine rings is 1. The van der Waals surface area contributed by atoms with Gasteiger partial charge in [0.05, 0.1) is 17.8 Å². The Morgan fingerprint density at radius 1 is 0.975 bits per heavy atom. The number of nitrogens with one attached hydrogen (secondary N) is 1. The third kappa shape index (κ3) is 5.91. The van der Waals surface area contributed by atoms with Crippen LogP contribution in [0.15, 0.2) is 42.5 Å². The Morgan fingerprint density at radius 3 is 2.08 bits per heavy atom. The number of anilines is 1. The van der Waals surface area contributed by atoms with Gasteiger partial charge in [0, 0.05) is 43.5 Å². The van der Waals surface area contributed by atoms with Crippen molar-refractivity contribution in [2.75, 3.05) is 37.7 Å². The normalized spacial score (nSPS) is 17.9. The van der Waals surface area contributed by atoms with Crippen molar-refractivity contribution < 1.29 is 35.9 Å². The molecule has 2 aromatic rings. The Bertz CT molecular complexity index is 1220. The number of benzene rings is 2. The number of likely N-dealkylation sites (tertiary alicyclic amines) is 1. The zero-order valence-electron chi connectivity index (χ0n) is 22.5. The van der Waals surface area contributed by atoms with Crippen LogP contribution in [0.4, 0.5) is 32.0 Å². The van der Waals surface area contributed by atoms with Gasteiger partial charge in [-0.2, -0.15) is 26.3 Å². The van der Waals surface area contributed by atoms with E-state index in [4.69, 9.17) is 0 Å². The summed E-state index contributed by atoms with van der Waals surface area (Å²) >= 11 is 0. The quantitative estimate of drug-likeness (QED) is 0.479. The molecule has 0 radical (unpaired) electrons. The zero-order chi connectivity index (χ0) is 29.5. The highest BCUT2D eigenvalue weighted by atomic mass is 19.4. The van der Waals surface area contributed by atoms with Gasteiger partial charge >= 0.3 is 12.4 Å². The van der Waals surface area contributed by atoms with Crippen LogP contribution in [0, 0.1) is 6.92 Å². The van der Waals surface area contributed by atoms with Crippen LogP contribution in [0.2, 0.25) is 0 Å². The maximum absolute atomic E-state index is 13.8. The predicted octanol–water partition coefficient (Wildman–Crippen LogP) is 5.31. The van der Waals surface area contributed by atoms with E-state index >= 15 is 0 Å². The number of amides is 2. The first-order valence-electron chi connectivity index (χ1n) is 13.1. The van der Waals surface area contributed by atoms with E-state index in [1.165, 1.54) is 4.90 Å². The number of carbonyl (C=O) groups excluding carboxylic acids is 2. The third-order valence-corrected chi connectivity index (χ3v) is 7.57. The molecule has 2 saturated heterocycles. The van der Waals surface area contributed by atoms with Gasteiger partial charge in [0.1, 0.15) is 5.54 Å². The highest BCUT2D eigenvalue weighted by Crippen LogP contribution is 2.41. The molecule has 0 aliphatic carbocycles. The van der Waals surface area contributed by atoms with Gasteiger partial charge in [0.2, 0.25) is 5.91 Å². The van der Waals surface area contributed by atoms with Crippen LogP contribution in [0.5, 0.6) is 0 Å². The summed E-state index contributed by atoms with van der Waals surface area (Å²) in [5.41, 5.74) is -2.93. The van der Waals surface area contributed by atoms with Gasteiger partial charge in [0.25, 0.3) is 5.91 Å². The first-order valence-corrected chi connectivity index (χ1v) is 13.1.